The molecule has 0 amide bonds. The molecule has 2 heterocycles. The molecule has 0 aromatic heterocycles. The number of esters is 1. The number of carbonyl (C=O) groups excluding carboxylic acids is 2. The number of cyclic esters (lactones) is 1. The first-order chi connectivity index (χ1) is 6.16. The first-order valence-electron chi connectivity index (χ1n) is 4.06. The molecule has 2 aliphatic rings. The summed E-state index contributed by atoms with van der Waals surface area (Å²) in [4.78, 5) is 22.3. The average molecular weight is 186 g/mol. The molecule has 0 aromatic rings. The molecule has 2 fully saturated rings. The van der Waals surface area contributed by atoms with Gasteiger partial charge in [0.05, 0.1) is 12.8 Å². The number of ether oxygens (including phenoxy) is 3. The zero-order chi connectivity index (χ0) is 9.47. The summed E-state index contributed by atoms with van der Waals surface area (Å²) in [6, 6.07) is 0. The topological polar surface area (TPSA) is 61.8 Å². The molecule has 1 unspecified atom stereocenters. The largest absolute Gasteiger partial charge is 0.462 e. The summed E-state index contributed by atoms with van der Waals surface area (Å²) >= 11 is 0. The fourth-order valence-corrected chi connectivity index (χ4v) is 1.61. The Morgan fingerprint density at radius 2 is 2.31 bits per heavy atom. The van der Waals surface area contributed by atoms with E-state index in [9.17, 15) is 9.59 Å². The lowest BCUT2D eigenvalue weighted by Crippen LogP contribution is -2.36. The van der Waals surface area contributed by atoms with Gasteiger partial charge >= 0.3 is 5.97 Å². The Morgan fingerprint density at radius 1 is 1.54 bits per heavy atom. The van der Waals surface area contributed by atoms with E-state index < -0.39 is 11.9 Å². The van der Waals surface area contributed by atoms with Crippen molar-refractivity contribution in [2.45, 2.75) is 24.7 Å². The van der Waals surface area contributed by atoms with Crippen molar-refractivity contribution in [2.75, 3.05) is 13.7 Å². The van der Waals surface area contributed by atoms with Gasteiger partial charge in [0.2, 0.25) is 0 Å². The SMILES string of the molecule is CO[C@@H]1CC(=O)C2(COC(=O)C2)O1. The highest BCUT2D eigenvalue weighted by atomic mass is 16.7. The molecule has 5 heteroatoms. The average Bonchev–Trinajstić information content (AvgIpc) is 2.60. The lowest BCUT2D eigenvalue weighted by molar-refractivity contribution is -0.160. The Balaban J connectivity index is 2.15. The predicted octanol–water partition coefficient (Wildman–Crippen LogP) is -0.366. The molecular formula is C8H10O5. The van der Waals surface area contributed by atoms with Gasteiger partial charge in [-0.05, 0) is 0 Å². The number of carbonyl (C=O) groups is 2. The van der Waals surface area contributed by atoms with E-state index in [4.69, 9.17) is 14.2 Å². The van der Waals surface area contributed by atoms with Crippen molar-refractivity contribution < 1.29 is 23.8 Å². The predicted molar refractivity (Wildman–Crippen MR) is 39.8 cm³/mol. The maximum Gasteiger partial charge on any atom is 0.309 e. The minimum Gasteiger partial charge on any atom is -0.462 e. The van der Waals surface area contributed by atoms with Gasteiger partial charge in [0, 0.05) is 7.11 Å². The van der Waals surface area contributed by atoms with E-state index in [1.54, 1.807) is 0 Å². The number of hydrogen-bond donors (Lipinski definition) is 0. The number of methoxy groups -OCH3 is 1. The van der Waals surface area contributed by atoms with Crippen LogP contribution >= 0.6 is 0 Å². The zero-order valence-electron chi connectivity index (χ0n) is 7.24. The van der Waals surface area contributed by atoms with Crippen molar-refractivity contribution in [1.29, 1.82) is 0 Å². The van der Waals surface area contributed by atoms with Crippen molar-refractivity contribution in [1.82, 2.24) is 0 Å². The Bertz CT molecular complexity index is 261. The summed E-state index contributed by atoms with van der Waals surface area (Å²) in [6.07, 6.45) is -0.305. The van der Waals surface area contributed by atoms with Crippen LogP contribution in [0.25, 0.3) is 0 Å². The molecule has 2 rings (SSSR count). The van der Waals surface area contributed by atoms with Gasteiger partial charge in [-0.15, -0.1) is 0 Å². The van der Waals surface area contributed by atoms with Gasteiger partial charge in [-0.25, -0.2) is 0 Å². The van der Waals surface area contributed by atoms with Gasteiger partial charge in [-0.1, -0.05) is 0 Å². The third kappa shape index (κ3) is 1.24. The van der Waals surface area contributed by atoms with Gasteiger partial charge in [0.1, 0.15) is 6.61 Å². The molecule has 0 radical (unpaired) electrons. The van der Waals surface area contributed by atoms with Crippen LogP contribution in [-0.2, 0) is 23.8 Å². The standard InChI is InChI=1S/C8H10O5/c1-11-7-2-5(9)8(13-7)3-6(10)12-4-8/h7H,2-4H2,1H3/t7-,8?/m0/s1. The van der Waals surface area contributed by atoms with Crippen molar-refractivity contribution in [2.24, 2.45) is 0 Å². The number of ketones is 1. The lowest BCUT2D eigenvalue weighted by atomic mass is 9.98. The third-order valence-corrected chi connectivity index (χ3v) is 2.38. The van der Waals surface area contributed by atoms with E-state index >= 15 is 0 Å². The maximum absolute atomic E-state index is 11.5. The first-order valence-corrected chi connectivity index (χ1v) is 4.06. The second-order valence-corrected chi connectivity index (χ2v) is 3.24. The molecule has 2 aliphatic heterocycles. The summed E-state index contributed by atoms with van der Waals surface area (Å²) in [5, 5.41) is 0. The van der Waals surface area contributed by atoms with E-state index in [1.807, 2.05) is 0 Å². The van der Waals surface area contributed by atoms with E-state index in [0.29, 0.717) is 0 Å². The van der Waals surface area contributed by atoms with Gasteiger partial charge in [0.15, 0.2) is 17.7 Å². The Hall–Kier alpha value is -0.940. The van der Waals surface area contributed by atoms with Gasteiger partial charge < -0.3 is 14.2 Å². The van der Waals surface area contributed by atoms with Crippen LogP contribution in [0.4, 0.5) is 0 Å². The molecule has 72 valence electrons. The Labute approximate surface area is 74.9 Å². The molecule has 5 nitrogen and oxygen atoms in total. The maximum atomic E-state index is 11.5. The normalized spacial score (nSPS) is 38.7. The van der Waals surface area contributed by atoms with Crippen LogP contribution in [0.5, 0.6) is 0 Å². The van der Waals surface area contributed by atoms with Crippen molar-refractivity contribution in [3.05, 3.63) is 0 Å². The van der Waals surface area contributed by atoms with Crippen molar-refractivity contribution >= 4 is 11.8 Å². The number of hydrogen-bond acceptors (Lipinski definition) is 5. The fourth-order valence-electron chi connectivity index (χ4n) is 1.61. The van der Waals surface area contributed by atoms with Crippen LogP contribution in [0.1, 0.15) is 12.8 Å². The first kappa shape index (κ1) is 8.65. The Morgan fingerprint density at radius 3 is 2.77 bits per heavy atom. The monoisotopic (exact) mass is 186 g/mol. The molecular weight excluding hydrogens is 176 g/mol. The summed E-state index contributed by atoms with van der Waals surface area (Å²) in [5.74, 6) is -0.490. The quantitative estimate of drug-likeness (QED) is 0.523. The molecule has 1 spiro atoms. The molecule has 0 N–H and O–H groups in total. The van der Waals surface area contributed by atoms with Crippen LogP contribution in [0, 0.1) is 0 Å². The Kier molecular flexibility index (Phi) is 1.85. The highest BCUT2D eigenvalue weighted by molar-refractivity contribution is 5.95. The number of rotatable bonds is 1. The molecule has 13 heavy (non-hydrogen) atoms. The highest BCUT2D eigenvalue weighted by Crippen LogP contribution is 2.34. The van der Waals surface area contributed by atoms with E-state index in [0.717, 1.165) is 0 Å². The highest BCUT2D eigenvalue weighted by Gasteiger charge is 2.54. The van der Waals surface area contributed by atoms with E-state index in [2.05, 4.69) is 0 Å². The summed E-state index contributed by atoms with van der Waals surface area (Å²) in [5.41, 5.74) is -1.04. The third-order valence-electron chi connectivity index (χ3n) is 2.38. The van der Waals surface area contributed by atoms with Crippen LogP contribution < -0.4 is 0 Å². The van der Waals surface area contributed by atoms with E-state index in [1.165, 1.54) is 7.11 Å². The molecule has 0 saturated carbocycles. The summed E-state index contributed by atoms with van der Waals surface area (Å²) < 4.78 is 14.9. The van der Waals surface area contributed by atoms with Crippen LogP contribution in [-0.4, -0.2) is 37.4 Å². The molecule has 2 saturated heterocycles. The van der Waals surface area contributed by atoms with E-state index in [-0.39, 0.29) is 31.2 Å². The summed E-state index contributed by atoms with van der Waals surface area (Å²) in [6.45, 7) is 0.0323. The van der Waals surface area contributed by atoms with Crippen molar-refractivity contribution in [3.63, 3.8) is 0 Å². The van der Waals surface area contributed by atoms with Gasteiger partial charge in [-0.3, -0.25) is 9.59 Å². The number of Topliss-reactive ketones (excluding diaryl/α,β-unsaturated/α-hetero) is 1. The van der Waals surface area contributed by atoms with Gasteiger partial charge in [0.25, 0.3) is 0 Å². The molecule has 0 aliphatic carbocycles. The fraction of sp³-hybridized carbons (Fsp3) is 0.750. The molecule has 2 atom stereocenters. The second kappa shape index (κ2) is 2.78. The van der Waals surface area contributed by atoms with Crippen LogP contribution in [0.3, 0.4) is 0 Å². The van der Waals surface area contributed by atoms with Crippen molar-refractivity contribution in [3.8, 4) is 0 Å². The van der Waals surface area contributed by atoms with Crippen LogP contribution in [0.2, 0.25) is 0 Å². The minimum absolute atomic E-state index is 0.0195. The van der Waals surface area contributed by atoms with Gasteiger partial charge in [-0.2, -0.15) is 0 Å². The lowest BCUT2D eigenvalue weighted by Gasteiger charge is -2.17. The second-order valence-electron chi connectivity index (χ2n) is 3.24. The zero-order valence-corrected chi connectivity index (χ0v) is 7.24. The summed E-state index contributed by atoms with van der Waals surface area (Å²) in [7, 11) is 1.47. The minimum atomic E-state index is -1.04. The van der Waals surface area contributed by atoms with Crippen LogP contribution in [0.15, 0.2) is 0 Å². The molecule has 0 aromatic carbocycles. The smallest absolute Gasteiger partial charge is 0.309 e. The molecule has 0 bridgehead atoms.